The lowest BCUT2D eigenvalue weighted by atomic mass is 10.2. The van der Waals surface area contributed by atoms with Gasteiger partial charge in [0.15, 0.2) is 11.3 Å². The number of aryl methyl sites for hydroxylation is 1. The molecular weight excluding hydrogens is 456 g/mol. The van der Waals surface area contributed by atoms with E-state index in [0.29, 0.717) is 11.3 Å². The fourth-order valence-electron chi connectivity index (χ4n) is 3.26. The Morgan fingerprint density at radius 1 is 1.06 bits per heavy atom. The zero-order valence-electron chi connectivity index (χ0n) is 18.7. The fraction of sp³-hybridized carbons (Fsp3) is 0.174. The Balaban J connectivity index is 1.40. The summed E-state index contributed by atoms with van der Waals surface area (Å²) in [6, 6.07) is 16.9. The van der Waals surface area contributed by atoms with Crippen LogP contribution >= 0.6 is 11.8 Å². The third-order valence-corrected chi connectivity index (χ3v) is 5.61. The van der Waals surface area contributed by atoms with Crippen LogP contribution in [0.4, 0.5) is 5.82 Å². The lowest BCUT2D eigenvalue weighted by Gasteiger charge is -2.13. The number of hydrogen-bond donors (Lipinski definition) is 2. The molecule has 10 nitrogen and oxygen atoms in total. The van der Waals surface area contributed by atoms with E-state index < -0.39 is 18.0 Å². The van der Waals surface area contributed by atoms with Gasteiger partial charge in [0, 0.05) is 11.8 Å². The van der Waals surface area contributed by atoms with Crippen molar-refractivity contribution in [1.82, 2.24) is 24.5 Å². The molecule has 0 fully saturated rings. The number of benzene rings is 2. The average molecular weight is 479 g/mol. The van der Waals surface area contributed by atoms with Crippen molar-refractivity contribution in [2.75, 3.05) is 11.6 Å². The number of aromatic nitrogens is 5. The first-order chi connectivity index (χ1) is 16.4. The zero-order chi connectivity index (χ0) is 24.2. The highest BCUT2D eigenvalue weighted by molar-refractivity contribution is 7.98. The molecule has 1 atom stereocenters. The Hall–Kier alpha value is -4.12. The van der Waals surface area contributed by atoms with Crippen molar-refractivity contribution in [2.45, 2.75) is 25.1 Å². The van der Waals surface area contributed by atoms with E-state index in [1.165, 1.54) is 29.4 Å². The molecule has 11 heteroatoms. The van der Waals surface area contributed by atoms with Gasteiger partial charge in [-0.25, -0.2) is 9.48 Å². The van der Waals surface area contributed by atoms with Crippen molar-refractivity contribution in [1.29, 1.82) is 0 Å². The maximum Gasteiger partial charge on any atom is 0.338 e. The third kappa shape index (κ3) is 4.79. The number of esters is 1. The van der Waals surface area contributed by atoms with E-state index in [4.69, 9.17) is 4.74 Å². The van der Waals surface area contributed by atoms with E-state index in [1.54, 1.807) is 48.5 Å². The van der Waals surface area contributed by atoms with Crippen LogP contribution in [0.3, 0.4) is 0 Å². The number of amides is 1. The molecule has 0 aliphatic rings. The van der Waals surface area contributed by atoms with Crippen LogP contribution in [0.5, 0.6) is 0 Å². The van der Waals surface area contributed by atoms with Crippen LogP contribution in [0, 0.1) is 6.92 Å². The van der Waals surface area contributed by atoms with Crippen LogP contribution in [-0.4, -0.2) is 48.8 Å². The number of H-pyrrole nitrogens is 1. The summed E-state index contributed by atoms with van der Waals surface area (Å²) in [4.78, 5) is 37.3. The molecule has 34 heavy (non-hydrogen) atoms. The van der Waals surface area contributed by atoms with Gasteiger partial charge in [-0.15, -0.1) is 10.2 Å². The predicted molar refractivity (Wildman–Crippen MR) is 128 cm³/mol. The maximum atomic E-state index is 12.5. The van der Waals surface area contributed by atoms with E-state index in [1.807, 2.05) is 23.8 Å². The molecule has 2 N–H and O–H groups in total. The molecule has 4 aromatic rings. The van der Waals surface area contributed by atoms with Crippen LogP contribution in [-0.2, 0) is 9.53 Å². The van der Waals surface area contributed by atoms with Gasteiger partial charge in [-0.3, -0.25) is 19.3 Å². The molecule has 1 unspecified atom stereocenters. The van der Waals surface area contributed by atoms with Crippen molar-refractivity contribution in [2.24, 2.45) is 0 Å². The summed E-state index contributed by atoms with van der Waals surface area (Å²) in [5, 5.41) is 14.3. The number of hydrogen-bond acceptors (Lipinski definition) is 7. The SMILES string of the molecule is CSc1nnc(C)n1-c1ccc(C(=O)OC(C)C(=O)Nc2cc(=O)n(-c3ccccc3)[nH]2)cc1. The van der Waals surface area contributed by atoms with Gasteiger partial charge in [0.2, 0.25) is 0 Å². The molecule has 2 heterocycles. The first-order valence-electron chi connectivity index (χ1n) is 10.3. The summed E-state index contributed by atoms with van der Waals surface area (Å²) >= 11 is 1.46. The van der Waals surface area contributed by atoms with E-state index in [9.17, 15) is 14.4 Å². The van der Waals surface area contributed by atoms with Crippen molar-refractivity contribution >= 4 is 29.5 Å². The van der Waals surface area contributed by atoms with Gasteiger partial charge in [0.25, 0.3) is 11.5 Å². The van der Waals surface area contributed by atoms with Crippen molar-refractivity contribution in [3.05, 3.63) is 82.4 Å². The standard InChI is InChI=1S/C23H22N6O4S/c1-14(21(31)24-19-13-20(30)29(27-19)18-7-5-4-6-8-18)33-22(32)16-9-11-17(12-10-16)28-15(2)25-26-23(28)34-3/h4-14,27H,1-3H3,(H,24,31). The fourth-order valence-corrected chi connectivity index (χ4v) is 3.81. The predicted octanol–water partition coefficient (Wildman–Crippen LogP) is 2.96. The van der Waals surface area contributed by atoms with Crippen LogP contribution in [0.2, 0.25) is 0 Å². The van der Waals surface area contributed by atoms with Gasteiger partial charge in [0.1, 0.15) is 11.6 Å². The molecule has 0 spiro atoms. The number of aromatic amines is 1. The highest BCUT2D eigenvalue weighted by atomic mass is 32.2. The Bertz CT molecular complexity index is 1370. The Morgan fingerprint density at radius 3 is 2.44 bits per heavy atom. The van der Waals surface area contributed by atoms with Gasteiger partial charge < -0.3 is 10.1 Å². The lowest BCUT2D eigenvalue weighted by molar-refractivity contribution is -0.123. The minimum Gasteiger partial charge on any atom is -0.449 e. The average Bonchev–Trinajstić information content (AvgIpc) is 3.41. The maximum absolute atomic E-state index is 12.5. The smallest absolute Gasteiger partial charge is 0.338 e. The largest absolute Gasteiger partial charge is 0.449 e. The Labute approximate surface area is 198 Å². The molecule has 4 rings (SSSR count). The molecule has 0 bridgehead atoms. The number of thioether (sulfide) groups is 1. The van der Waals surface area contributed by atoms with Crippen molar-refractivity contribution in [3.8, 4) is 11.4 Å². The minimum absolute atomic E-state index is 0.194. The molecule has 1 amide bonds. The van der Waals surface area contributed by atoms with E-state index in [-0.39, 0.29) is 11.4 Å². The molecule has 0 radical (unpaired) electrons. The molecule has 2 aromatic carbocycles. The number of rotatable bonds is 7. The number of carbonyl (C=O) groups excluding carboxylic acids is 2. The summed E-state index contributed by atoms with van der Waals surface area (Å²) in [6.07, 6.45) is 0.823. The van der Waals surface area contributed by atoms with Gasteiger partial charge >= 0.3 is 5.97 Å². The molecule has 0 aliphatic heterocycles. The second kappa shape index (κ2) is 9.79. The quantitative estimate of drug-likeness (QED) is 0.309. The molecule has 0 aliphatic carbocycles. The summed E-state index contributed by atoms with van der Waals surface area (Å²) in [5.41, 5.74) is 1.39. The summed E-state index contributed by atoms with van der Waals surface area (Å²) < 4.78 is 8.48. The summed E-state index contributed by atoms with van der Waals surface area (Å²) in [5.74, 6) is -0.296. The van der Waals surface area contributed by atoms with Crippen LogP contribution < -0.4 is 10.9 Å². The number of carbonyl (C=O) groups is 2. The summed E-state index contributed by atoms with van der Waals surface area (Å²) in [6.45, 7) is 3.30. The van der Waals surface area contributed by atoms with Gasteiger partial charge in [-0.1, -0.05) is 30.0 Å². The first-order valence-corrected chi connectivity index (χ1v) is 11.6. The highest BCUT2D eigenvalue weighted by Crippen LogP contribution is 2.20. The second-order valence-electron chi connectivity index (χ2n) is 7.33. The van der Waals surface area contributed by atoms with Gasteiger partial charge in [-0.2, -0.15) is 0 Å². The molecule has 2 aromatic heterocycles. The van der Waals surface area contributed by atoms with E-state index in [2.05, 4.69) is 20.6 Å². The number of nitrogens with zero attached hydrogens (tertiary/aromatic N) is 4. The molecule has 0 saturated carbocycles. The number of anilines is 1. The van der Waals surface area contributed by atoms with E-state index in [0.717, 1.165) is 16.7 Å². The normalized spacial score (nSPS) is 11.7. The minimum atomic E-state index is -1.08. The number of nitrogens with one attached hydrogen (secondary N) is 2. The number of para-hydroxylation sites is 1. The molecule has 174 valence electrons. The third-order valence-electron chi connectivity index (χ3n) is 4.98. The van der Waals surface area contributed by atoms with Crippen molar-refractivity contribution < 1.29 is 14.3 Å². The molecular formula is C23H22N6O4S. The molecule has 0 saturated heterocycles. The van der Waals surface area contributed by atoms with Gasteiger partial charge in [-0.05, 0) is 56.5 Å². The second-order valence-corrected chi connectivity index (χ2v) is 8.11. The van der Waals surface area contributed by atoms with E-state index >= 15 is 0 Å². The highest BCUT2D eigenvalue weighted by Gasteiger charge is 2.20. The Morgan fingerprint density at radius 2 is 1.76 bits per heavy atom. The van der Waals surface area contributed by atoms with Gasteiger partial charge in [0.05, 0.1) is 11.3 Å². The first kappa shape index (κ1) is 23.1. The van der Waals surface area contributed by atoms with Crippen molar-refractivity contribution in [3.63, 3.8) is 0 Å². The summed E-state index contributed by atoms with van der Waals surface area (Å²) in [7, 11) is 0. The topological polar surface area (TPSA) is 124 Å². The monoisotopic (exact) mass is 478 g/mol. The lowest BCUT2D eigenvalue weighted by Crippen LogP contribution is -2.30. The zero-order valence-corrected chi connectivity index (χ0v) is 19.5. The van der Waals surface area contributed by atoms with Crippen LogP contribution in [0.1, 0.15) is 23.1 Å². The van der Waals surface area contributed by atoms with Crippen LogP contribution in [0.15, 0.2) is 70.6 Å². The number of ether oxygens (including phenoxy) is 1. The Kier molecular flexibility index (Phi) is 6.64. The van der Waals surface area contributed by atoms with Crippen LogP contribution in [0.25, 0.3) is 11.4 Å².